The van der Waals surface area contributed by atoms with E-state index < -0.39 is 5.91 Å². The first-order chi connectivity index (χ1) is 12.5. The Kier molecular flexibility index (Phi) is 5.29. The van der Waals surface area contributed by atoms with Gasteiger partial charge >= 0.3 is 0 Å². The number of pyridine rings is 1. The van der Waals surface area contributed by atoms with Gasteiger partial charge in [0.1, 0.15) is 28.8 Å². The van der Waals surface area contributed by atoms with Crippen molar-refractivity contribution in [3.63, 3.8) is 0 Å². The van der Waals surface area contributed by atoms with E-state index in [4.69, 9.17) is 15.2 Å². The number of nitrogens with two attached hydrogens (primary N) is 1. The largest absolute Gasteiger partial charge is 0.471 e. The zero-order valence-electron chi connectivity index (χ0n) is 14.6. The molecule has 0 aliphatic rings. The maximum atomic E-state index is 11.6. The number of methoxy groups -OCH3 is 1. The molecule has 3 rings (SSSR count). The molecule has 1 unspecified atom stereocenters. The van der Waals surface area contributed by atoms with Gasteiger partial charge in [-0.25, -0.2) is 15.0 Å². The highest BCUT2D eigenvalue weighted by molar-refractivity contribution is 7.20. The number of primary amides is 1. The lowest BCUT2D eigenvalue weighted by Crippen LogP contribution is -2.19. The third-order valence-corrected chi connectivity index (χ3v) is 4.90. The van der Waals surface area contributed by atoms with Crippen molar-refractivity contribution in [1.29, 1.82) is 0 Å². The fraction of sp³-hybridized carbons (Fsp3) is 0.294. The fourth-order valence-corrected chi connectivity index (χ4v) is 3.57. The molecule has 8 nitrogen and oxygen atoms in total. The monoisotopic (exact) mass is 373 g/mol. The summed E-state index contributed by atoms with van der Waals surface area (Å²) in [6.45, 7) is 4.17. The number of amides is 1. The molecule has 3 aromatic rings. The number of hydrogen-bond donors (Lipinski definition) is 2. The first-order valence-electron chi connectivity index (χ1n) is 7.92. The van der Waals surface area contributed by atoms with E-state index in [1.54, 1.807) is 19.4 Å². The van der Waals surface area contributed by atoms with E-state index in [0.29, 0.717) is 33.7 Å². The van der Waals surface area contributed by atoms with Crippen LogP contribution in [0.15, 0.2) is 24.7 Å². The van der Waals surface area contributed by atoms with Crippen molar-refractivity contribution in [1.82, 2.24) is 15.0 Å². The molecule has 0 bridgehead atoms. The number of carbonyl (C=O) groups excluding carboxylic acids is 1. The summed E-state index contributed by atoms with van der Waals surface area (Å²) < 4.78 is 10.9. The molecule has 0 saturated carbocycles. The molecule has 0 radical (unpaired) electrons. The summed E-state index contributed by atoms with van der Waals surface area (Å²) >= 11 is 1.25. The molecule has 3 aromatic heterocycles. The molecule has 3 N–H and O–H groups in total. The first-order valence-corrected chi connectivity index (χ1v) is 8.74. The molecule has 0 aliphatic heterocycles. The van der Waals surface area contributed by atoms with Crippen LogP contribution in [0.4, 0.5) is 11.5 Å². The lowest BCUT2D eigenvalue weighted by atomic mass is 10.2. The fourth-order valence-electron chi connectivity index (χ4n) is 2.57. The summed E-state index contributed by atoms with van der Waals surface area (Å²) in [6, 6.07) is 3.64. The maximum Gasteiger partial charge on any atom is 0.259 e. The highest BCUT2D eigenvalue weighted by Gasteiger charge is 2.18. The van der Waals surface area contributed by atoms with Crippen molar-refractivity contribution in [2.45, 2.75) is 20.0 Å². The second kappa shape index (κ2) is 7.63. The van der Waals surface area contributed by atoms with Crippen LogP contribution in [0.2, 0.25) is 0 Å². The Morgan fingerprint density at radius 2 is 2.19 bits per heavy atom. The van der Waals surface area contributed by atoms with Crippen molar-refractivity contribution < 1.29 is 14.3 Å². The molecular weight excluding hydrogens is 354 g/mol. The standard InChI is InChI=1S/C17H19N5O3S/c1-9(7-24-3)25-16-11(5-4-6-19-16)22-15-12-10(2)13(14(18)23)26-17(12)21-8-20-15/h4-6,8-9H,7H2,1-3H3,(H2,18,23)(H,20,21,22). The lowest BCUT2D eigenvalue weighted by Gasteiger charge is -2.16. The van der Waals surface area contributed by atoms with Gasteiger partial charge in [0, 0.05) is 13.3 Å². The number of nitrogens with one attached hydrogen (secondary N) is 1. The van der Waals surface area contributed by atoms with Gasteiger partial charge in [-0.3, -0.25) is 4.79 Å². The van der Waals surface area contributed by atoms with E-state index >= 15 is 0 Å². The Bertz CT molecular complexity index is 943. The Balaban J connectivity index is 1.98. The molecule has 136 valence electrons. The van der Waals surface area contributed by atoms with Gasteiger partial charge in [0.15, 0.2) is 0 Å². The van der Waals surface area contributed by atoms with Crippen LogP contribution in [-0.2, 0) is 4.74 Å². The number of nitrogens with zero attached hydrogens (tertiary/aromatic N) is 3. The Labute approximate surface area is 154 Å². The Morgan fingerprint density at radius 1 is 1.38 bits per heavy atom. The van der Waals surface area contributed by atoms with Gasteiger partial charge in [-0.15, -0.1) is 11.3 Å². The van der Waals surface area contributed by atoms with Crippen LogP contribution in [-0.4, -0.2) is 40.7 Å². The van der Waals surface area contributed by atoms with Crippen molar-refractivity contribution in [2.75, 3.05) is 19.0 Å². The van der Waals surface area contributed by atoms with Crippen molar-refractivity contribution in [3.8, 4) is 5.88 Å². The summed E-state index contributed by atoms with van der Waals surface area (Å²) in [5.41, 5.74) is 6.85. The summed E-state index contributed by atoms with van der Waals surface area (Å²) in [5, 5.41) is 3.99. The minimum Gasteiger partial charge on any atom is -0.471 e. The van der Waals surface area contributed by atoms with Crippen LogP contribution >= 0.6 is 11.3 Å². The lowest BCUT2D eigenvalue weighted by molar-refractivity contribution is 0.0895. The van der Waals surface area contributed by atoms with E-state index in [0.717, 1.165) is 10.9 Å². The zero-order chi connectivity index (χ0) is 18.7. The minimum absolute atomic E-state index is 0.162. The predicted octanol–water partition coefficient (Wildman–Crippen LogP) is 2.65. The number of anilines is 2. The Hall–Kier alpha value is -2.78. The molecule has 1 amide bonds. The third kappa shape index (κ3) is 3.58. The molecule has 0 saturated heterocycles. The van der Waals surface area contributed by atoms with Gasteiger partial charge in [0.25, 0.3) is 5.91 Å². The smallest absolute Gasteiger partial charge is 0.259 e. The number of fused-ring (bicyclic) bond motifs is 1. The van der Waals surface area contributed by atoms with Crippen molar-refractivity contribution in [3.05, 3.63) is 35.1 Å². The van der Waals surface area contributed by atoms with Crippen LogP contribution in [0.25, 0.3) is 10.2 Å². The summed E-state index contributed by atoms with van der Waals surface area (Å²) in [6.07, 6.45) is 2.93. The van der Waals surface area contributed by atoms with Gasteiger partial charge in [-0.05, 0) is 31.5 Å². The molecule has 0 aromatic carbocycles. The van der Waals surface area contributed by atoms with Gasteiger partial charge in [0.05, 0.1) is 16.9 Å². The SMILES string of the molecule is COCC(C)Oc1ncccc1Nc1ncnc2sc(C(N)=O)c(C)c12. The van der Waals surface area contributed by atoms with Gasteiger partial charge in [-0.2, -0.15) is 0 Å². The average molecular weight is 373 g/mol. The summed E-state index contributed by atoms with van der Waals surface area (Å²) in [4.78, 5) is 25.6. The normalized spacial score (nSPS) is 12.1. The van der Waals surface area contributed by atoms with E-state index in [9.17, 15) is 4.79 Å². The van der Waals surface area contributed by atoms with Crippen molar-refractivity contribution in [2.24, 2.45) is 5.73 Å². The van der Waals surface area contributed by atoms with Crippen LogP contribution in [0, 0.1) is 6.92 Å². The number of carbonyl (C=O) groups is 1. The zero-order valence-corrected chi connectivity index (χ0v) is 15.5. The minimum atomic E-state index is -0.477. The molecule has 0 spiro atoms. The molecule has 1 atom stereocenters. The van der Waals surface area contributed by atoms with E-state index in [-0.39, 0.29) is 6.10 Å². The van der Waals surface area contributed by atoms with Crippen LogP contribution in [0.3, 0.4) is 0 Å². The second-order valence-electron chi connectivity index (χ2n) is 5.69. The highest BCUT2D eigenvalue weighted by atomic mass is 32.1. The maximum absolute atomic E-state index is 11.6. The third-order valence-electron chi connectivity index (χ3n) is 3.69. The van der Waals surface area contributed by atoms with Crippen molar-refractivity contribution >= 4 is 39.0 Å². The average Bonchev–Trinajstić information content (AvgIpc) is 2.95. The van der Waals surface area contributed by atoms with E-state index in [2.05, 4.69) is 20.3 Å². The molecule has 0 aliphatic carbocycles. The highest BCUT2D eigenvalue weighted by Crippen LogP contribution is 2.35. The molecule has 0 fully saturated rings. The molecular formula is C17H19N5O3S. The van der Waals surface area contributed by atoms with Gasteiger partial charge in [-0.1, -0.05) is 0 Å². The quantitative estimate of drug-likeness (QED) is 0.654. The molecule has 9 heteroatoms. The topological polar surface area (TPSA) is 112 Å². The number of aryl methyl sites for hydroxylation is 1. The van der Waals surface area contributed by atoms with Crippen LogP contribution < -0.4 is 15.8 Å². The Morgan fingerprint density at radius 3 is 2.92 bits per heavy atom. The predicted molar refractivity (Wildman–Crippen MR) is 100 cm³/mol. The van der Waals surface area contributed by atoms with E-state index in [1.807, 2.05) is 19.9 Å². The number of aromatic nitrogens is 3. The number of rotatable bonds is 7. The van der Waals surface area contributed by atoms with Gasteiger partial charge < -0.3 is 20.5 Å². The number of thiophene rings is 1. The summed E-state index contributed by atoms with van der Waals surface area (Å²) in [5.74, 6) is 0.524. The number of hydrogen-bond acceptors (Lipinski definition) is 8. The second-order valence-corrected chi connectivity index (χ2v) is 6.69. The van der Waals surface area contributed by atoms with Gasteiger partial charge in [0.2, 0.25) is 5.88 Å². The molecule has 26 heavy (non-hydrogen) atoms. The number of ether oxygens (including phenoxy) is 2. The van der Waals surface area contributed by atoms with Crippen LogP contribution in [0.1, 0.15) is 22.2 Å². The van der Waals surface area contributed by atoms with E-state index in [1.165, 1.54) is 17.7 Å². The molecule has 3 heterocycles. The summed E-state index contributed by atoms with van der Waals surface area (Å²) in [7, 11) is 1.62. The van der Waals surface area contributed by atoms with Crippen LogP contribution in [0.5, 0.6) is 5.88 Å². The first kappa shape index (κ1) is 18.0.